The monoisotopic (exact) mass is 342 g/mol. The number of rotatable bonds is 2. The van der Waals surface area contributed by atoms with E-state index in [-0.39, 0.29) is 30.3 Å². The minimum absolute atomic E-state index is 0.0135. The molecule has 0 aliphatic carbocycles. The Balaban J connectivity index is 2.42. The van der Waals surface area contributed by atoms with E-state index in [0.717, 1.165) is 16.4 Å². The summed E-state index contributed by atoms with van der Waals surface area (Å²) in [7, 11) is -7.39. The van der Waals surface area contributed by atoms with E-state index >= 15 is 0 Å². The summed E-state index contributed by atoms with van der Waals surface area (Å²) in [5, 5.41) is -0.395. The zero-order valence-corrected chi connectivity index (χ0v) is 12.6. The quantitative estimate of drug-likeness (QED) is 0.788. The maximum Gasteiger partial charge on any atom is 0.246 e. The van der Waals surface area contributed by atoms with Crippen LogP contribution < -0.4 is 5.73 Å². The Labute approximate surface area is 121 Å². The molecule has 0 bridgehead atoms. The molecule has 20 heavy (non-hydrogen) atoms. The van der Waals surface area contributed by atoms with E-state index in [9.17, 15) is 21.2 Å². The highest BCUT2D eigenvalue weighted by Gasteiger charge is 2.33. The van der Waals surface area contributed by atoms with E-state index < -0.39 is 35.6 Å². The minimum atomic E-state index is -4.16. The van der Waals surface area contributed by atoms with Gasteiger partial charge in [-0.2, -0.15) is 4.31 Å². The van der Waals surface area contributed by atoms with Crippen molar-refractivity contribution in [3.05, 3.63) is 23.0 Å². The third-order valence-corrected chi connectivity index (χ3v) is 6.72. The van der Waals surface area contributed by atoms with Crippen LogP contribution in [0.25, 0.3) is 0 Å². The normalized spacial score (nSPS) is 19.9. The summed E-state index contributed by atoms with van der Waals surface area (Å²) in [6.45, 7) is -0.424. The second kappa shape index (κ2) is 5.14. The first-order valence-corrected chi connectivity index (χ1v) is 9.22. The number of halogens is 2. The molecule has 1 aromatic rings. The van der Waals surface area contributed by atoms with Gasteiger partial charge in [-0.15, -0.1) is 0 Å². The lowest BCUT2D eigenvalue weighted by atomic mass is 10.3. The topological polar surface area (TPSA) is 97.5 Å². The molecule has 1 aromatic carbocycles. The predicted molar refractivity (Wildman–Crippen MR) is 73.2 cm³/mol. The van der Waals surface area contributed by atoms with Gasteiger partial charge in [-0.05, 0) is 12.1 Å². The molecule has 0 aromatic heterocycles. The van der Waals surface area contributed by atoms with Crippen LogP contribution >= 0.6 is 11.6 Å². The van der Waals surface area contributed by atoms with E-state index in [1.807, 2.05) is 0 Å². The Kier molecular flexibility index (Phi) is 3.98. The van der Waals surface area contributed by atoms with Crippen molar-refractivity contribution in [2.75, 3.05) is 30.3 Å². The standard InChI is InChI=1S/C10H12ClFN2O4S2/c11-8-5-7(13)6-9(10(8)12)20(17,18)14-1-3-19(15,16)4-2-14/h5-6H,1-4,13H2. The second-order valence-electron chi connectivity index (χ2n) is 4.37. The molecule has 112 valence electrons. The molecule has 2 N–H and O–H groups in total. The Bertz CT molecular complexity index is 735. The van der Waals surface area contributed by atoms with Gasteiger partial charge < -0.3 is 5.73 Å². The second-order valence-corrected chi connectivity index (χ2v) is 8.99. The van der Waals surface area contributed by atoms with Crippen LogP contribution in [-0.4, -0.2) is 45.7 Å². The van der Waals surface area contributed by atoms with E-state index in [2.05, 4.69) is 0 Å². The van der Waals surface area contributed by atoms with Crippen LogP contribution in [0, 0.1) is 5.82 Å². The molecule has 0 atom stereocenters. The number of sulfone groups is 1. The molecular formula is C10H12ClFN2O4S2. The van der Waals surface area contributed by atoms with Gasteiger partial charge >= 0.3 is 0 Å². The Morgan fingerprint density at radius 1 is 1.25 bits per heavy atom. The van der Waals surface area contributed by atoms with Gasteiger partial charge in [-0.3, -0.25) is 0 Å². The number of anilines is 1. The van der Waals surface area contributed by atoms with Crippen LogP contribution in [0.3, 0.4) is 0 Å². The van der Waals surface area contributed by atoms with E-state index in [1.165, 1.54) is 0 Å². The molecule has 0 saturated carbocycles. The van der Waals surface area contributed by atoms with Gasteiger partial charge in [0.05, 0.1) is 16.5 Å². The van der Waals surface area contributed by atoms with Gasteiger partial charge in [0.2, 0.25) is 10.0 Å². The van der Waals surface area contributed by atoms with Crippen molar-refractivity contribution in [2.45, 2.75) is 4.90 Å². The molecule has 0 amide bonds. The van der Waals surface area contributed by atoms with Gasteiger partial charge in [-0.1, -0.05) is 11.6 Å². The van der Waals surface area contributed by atoms with Crippen LogP contribution in [0.5, 0.6) is 0 Å². The molecule has 0 unspecified atom stereocenters. The lowest BCUT2D eigenvalue weighted by molar-refractivity contribution is 0.426. The highest BCUT2D eigenvalue weighted by molar-refractivity contribution is 7.92. The van der Waals surface area contributed by atoms with Crippen molar-refractivity contribution in [1.29, 1.82) is 0 Å². The molecule has 6 nitrogen and oxygen atoms in total. The molecule has 1 aliphatic rings. The SMILES string of the molecule is Nc1cc(Cl)c(F)c(S(=O)(=O)N2CCS(=O)(=O)CC2)c1. The zero-order chi connectivity index (χ0) is 15.1. The number of nitrogens with zero attached hydrogens (tertiary/aromatic N) is 1. The first kappa shape index (κ1) is 15.5. The van der Waals surface area contributed by atoms with Crippen molar-refractivity contribution < 1.29 is 21.2 Å². The third kappa shape index (κ3) is 2.90. The Hall–Kier alpha value is -0.900. The molecule has 1 aliphatic heterocycles. The van der Waals surface area contributed by atoms with Crippen LogP contribution in [0.2, 0.25) is 5.02 Å². The van der Waals surface area contributed by atoms with Gasteiger partial charge in [0.25, 0.3) is 0 Å². The fraction of sp³-hybridized carbons (Fsp3) is 0.400. The zero-order valence-electron chi connectivity index (χ0n) is 10.2. The number of benzene rings is 1. The smallest absolute Gasteiger partial charge is 0.246 e. The lowest BCUT2D eigenvalue weighted by Gasteiger charge is -2.26. The fourth-order valence-electron chi connectivity index (χ4n) is 1.85. The van der Waals surface area contributed by atoms with Crippen molar-refractivity contribution in [1.82, 2.24) is 4.31 Å². The summed E-state index contributed by atoms with van der Waals surface area (Å²) in [6.07, 6.45) is 0. The third-order valence-electron chi connectivity index (χ3n) is 2.94. The Morgan fingerprint density at radius 3 is 2.35 bits per heavy atom. The maximum atomic E-state index is 13.9. The van der Waals surface area contributed by atoms with Crippen LogP contribution in [0.15, 0.2) is 17.0 Å². The van der Waals surface area contributed by atoms with Crippen molar-refractivity contribution in [2.24, 2.45) is 0 Å². The average Bonchev–Trinajstić information content (AvgIpc) is 2.33. The number of nitrogen functional groups attached to an aromatic ring is 1. The minimum Gasteiger partial charge on any atom is -0.399 e. The summed E-state index contributed by atoms with van der Waals surface area (Å²) >= 11 is 5.58. The van der Waals surface area contributed by atoms with Crippen LogP contribution in [0.4, 0.5) is 10.1 Å². The van der Waals surface area contributed by atoms with Gasteiger partial charge in [0, 0.05) is 18.8 Å². The number of nitrogens with two attached hydrogens (primary N) is 1. The summed E-state index contributed by atoms with van der Waals surface area (Å²) in [5.74, 6) is -1.66. The van der Waals surface area contributed by atoms with Crippen LogP contribution in [-0.2, 0) is 19.9 Å². The molecular weight excluding hydrogens is 331 g/mol. The van der Waals surface area contributed by atoms with Crippen molar-refractivity contribution in [3.8, 4) is 0 Å². The van der Waals surface area contributed by atoms with Gasteiger partial charge in [0.15, 0.2) is 15.7 Å². The molecule has 1 saturated heterocycles. The fourth-order valence-corrected chi connectivity index (χ4v) is 5.13. The van der Waals surface area contributed by atoms with E-state index in [1.54, 1.807) is 0 Å². The number of hydrogen-bond donors (Lipinski definition) is 1. The molecule has 1 heterocycles. The van der Waals surface area contributed by atoms with Crippen molar-refractivity contribution >= 4 is 37.1 Å². The van der Waals surface area contributed by atoms with E-state index in [4.69, 9.17) is 17.3 Å². The van der Waals surface area contributed by atoms with Gasteiger partial charge in [0.1, 0.15) is 4.90 Å². The molecule has 0 radical (unpaired) electrons. The van der Waals surface area contributed by atoms with E-state index in [0.29, 0.717) is 0 Å². The Morgan fingerprint density at radius 2 is 1.80 bits per heavy atom. The average molecular weight is 343 g/mol. The first-order valence-electron chi connectivity index (χ1n) is 5.58. The summed E-state index contributed by atoms with van der Waals surface area (Å²) in [6, 6.07) is 2.08. The summed E-state index contributed by atoms with van der Waals surface area (Å²) in [5.41, 5.74) is 5.48. The number of sulfonamides is 1. The highest BCUT2D eigenvalue weighted by Crippen LogP contribution is 2.28. The summed E-state index contributed by atoms with van der Waals surface area (Å²) < 4.78 is 62.0. The van der Waals surface area contributed by atoms with Crippen LogP contribution in [0.1, 0.15) is 0 Å². The molecule has 10 heteroatoms. The maximum absolute atomic E-state index is 13.9. The molecule has 2 rings (SSSR count). The molecule has 1 fully saturated rings. The van der Waals surface area contributed by atoms with Crippen molar-refractivity contribution in [3.63, 3.8) is 0 Å². The number of hydrogen-bond acceptors (Lipinski definition) is 5. The highest BCUT2D eigenvalue weighted by atomic mass is 35.5. The molecule has 0 spiro atoms. The predicted octanol–water partition coefficient (Wildman–Crippen LogP) is 0.480. The first-order chi connectivity index (χ1) is 9.13. The van der Waals surface area contributed by atoms with Gasteiger partial charge in [-0.25, -0.2) is 21.2 Å². The largest absolute Gasteiger partial charge is 0.399 e. The summed E-state index contributed by atoms with van der Waals surface area (Å²) in [4.78, 5) is -0.637. The lowest BCUT2D eigenvalue weighted by Crippen LogP contribution is -2.43.